The summed E-state index contributed by atoms with van der Waals surface area (Å²) in [6.45, 7) is -0.0530. The Balaban J connectivity index is 0.00000200. The second-order valence-electron chi connectivity index (χ2n) is 4.65. The second kappa shape index (κ2) is 7.26. The summed E-state index contributed by atoms with van der Waals surface area (Å²) in [5.41, 5.74) is 6.80. The zero-order valence-corrected chi connectivity index (χ0v) is 12.1. The first-order valence-corrected chi connectivity index (χ1v) is 6.31. The monoisotopic (exact) mass is 298 g/mol. The second-order valence-corrected chi connectivity index (χ2v) is 4.65. The normalized spacial score (nSPS) is 22.1. The quantitative estimate of drug-likeness (QED) is 0.853. The van der Waals surface area contributed by atoms with Gasteiger partial charge in [-0.25, -0.2) is 0 Å². The third-order valence-corrected chi connectivity index (χ3v) is 3.44. The molecule has 0 saturated carbocycles. The molecular formula is C14H19ClN2O3. The highest BCUT2D eigenvalue weighted by atomic mass is 35.5. The van der Waals surface area contributed by atoms with Crippen molar-refractivity contribution < 1.29 is 14.3 Å². The molecule has 1 aromatic rings. The van der Waals surface area contributed by atoms with Gasteiger partial charge in [0.2, 0.25) is 5.91 Å². The molecule has 1 amide bonds. The van der Waals surface area contributed by atoms with Crippen LogP contribution >= 0.6 is 12.4 Å². The average molecular weight is 299 g/mol. The van der Waals surface area contributed by atoms with E-state index in [1.807, 2.05) is 30.3 Å². The molecule has 6 heteroatoms. The van der Waals surface area contributed by atoms with Crippen molar-refractivity contribution in [2.75, 3.05) is 13.7 Å². The molecule has 1 heterocycles. The fourth-order valence-electron chi connectivity index (χ4n) is 2.40. The predicted molar refractivity (Wildman–Crippen MR) is 77.4 cm³/mol. The topological polar surface area (TPSA) is 72.6 Å². The van der Waals surface area contributed by atoms with Gasteiger partial charge in [0, 0.05) is 0 Å². The molecule has 0 bridgehead atoms. The molecule has 2 atom stereocenters. The smallest absolute Gasteiger partial charge is 0.325 e. The maximum absolute atomic E-state index is 12.2. The van der Waals surface area contributed by atoms with Crippen LogP contribution in [-0.4, -0.2) is 36.5 Å². The zero-order valence-electron chi connectivity index (χ0n) is 11.3. The largest absolute Gasteiger partial charge is 0.468 e. The van der Waals surface area contributed by atoms with Gasteiger partial charge >= 0.3 is 5.97 Å². The number of hydrogen-bond acceptors (Lipinski definition) is 4. The number of benzene rings is 1. The maximum atomic E-state index is 12.2. The van der Waals surface area contributed by atoms with Crippen LogP contribution in [-0.2, 0) is 14.3 Å². The van der Waals surface area contributed by atoms with Crippen molar-refractivity contribution in [2.24, 2.45) is 5.73 Å². The van der Waals surface area contributed by atoms with Gasteiger partial charge in [-0.15, -0.1) is 12.4 Å². The summed E-state index contributed by atoms with van der Waals surface area (Å²) in [6.07, 6.45) is 1.39. The molecule has 0 aromatic heterocycles. The third-order valence-electron chi connectivity index (χ3n) is 3.44. The highest BCUT2D eigenvalue weighted by Gasteiger charge is 2.35. The summed E-state index contributed by atoms with van der Waals surface area (Å²) in [7, 11) is 1.31. The Bertz CT molecular complexity index is 467. The minimum atomic E-state index is -0.524. The molecule has 0 spiro atoms. The third kappa shape index (κ3) is 3.49. The van der Waals surface area contributed by atoms with Crippen LogP contribution in [0.15, 0.2) is 30.3 Å². The van der Waals surface area contributed by atoms with E-state index in [4.69, 9.17) is 5.73 Å². The molecule has 1 aliphatic rings. The average Bonchev–Trinajstić information content (AvgIpc) is 2.45. The van der Waals surface area contributed by atoms with Gasteiger partial charge in [-0.05, 0) is 18.4 Å². The van der Waals surface area contributed by atoms with E-state index in [2.05, 4.69) is 4.74 Å². The fourth-order valence-corrected chi connectivity index (χ4v) is 2.40. The number of nitrogens with zero attached hydrogens (tertiary/aromatic N) is 1. The number of nitrogens with two attached hydrogens (primary N) is 1. The van der Waals surface area contributed by atoms with Crippen molar-refractivity contribution in [3.05, 3.63) is 35.9 Å². The predicted octanol–water partition coefficient (Wildman–Crippen LogP) is 1.27. The molecule has 0 radical (unpaired) electrons. The minimum absolute atomic E-state index is 0. The van der Waals surface area contributed by atoms with Crippen LogP contribution in [0.25, 0.3) is 0 Å². The van der Waals surface area contributed by atoms with E-state index < -0.39 is 12.0 Å². The van der Waals surface area contributed by atoms with Gasteiger partial charge in [-0.2, -0.15) is 0 Å². The Morgan fingerprint density at radius 2 is 2.00 bits per heavy atom. The number of amides is 1. The van der Waals surface area contributed by atoms with Crippen LogP contribution in [0.3, 0.4) is 0 Å². The molecule has 1 aromatic carbocycles. The molecule has 1 aliphatic heterocycles. The molecule has 0 unspecified atom stereocenters. The number of ether oxygens (including phenoxy) is 1. The first kappa shape index (κ1) is 16.5. The molecule has 0 aliphatic carbocycles. The highest BCUT2D eigenvalue weighted by Crippen LogP contribution is 2.30. The lowest BCUT2D eigenvalue weighted by Crippen LogP contribution is -2.51. The molecule has 1 saturated heterocycles. The van der Waals surface area contributed by atoms with Crippen molar-refractivity contribution in [1.29, 1.82) is 0 Å². The lowest BCUT2D eigenvalue weighted by molar-refractivity contribution is -0.151. The van der Waals surface area contributed by atoms with E-state index in [1.54, 1.807) is 0 Å². The van der Waals surface area contributed by atoms with E-state index in [0.717, 1.165) is 12.0 Å². The number of hydrogen-bond donors (Lipinski definition) is 1. The Hall–Kier alpha value is -1.59. The summed E-state index contributed by atoms with van der Waals surface area (Å²) in [5.74, 6) is -0.617. The number of methoxy groups -OCH3 is 1. The number of carbonyl (C=O) groups excluding carboxylic acids is 2. The Kier molecular flexibility index (Phi) is 5.98. The van der Waals surface area contributed by atoms with Gasteiger partial charge < -0.3 is 15.4 Å². The first-order chi connectivity index (χ1) is 9.13. The molecule has 5 nitrogen and oxygen atoms in total. The number of esters is 1. The van der Waals surface area contributed by atoms with Crippen molar-refractivity contribution in [3.63, 3.8) is 0 Å². The van der Waals surface area contributed by atoms with Crippen molar-refractivity contribution in [3.8, 4) is 0 Å². The van der Waals surface area contributed by atoms with Gasteiger partial charge in [0.05, 0.1) is 19.2 Å². The van der Waals surface area contributed by atoms with Crippen molar-refractivity contribution >= 4 is 24.3 Å². The van der Waals surface area contributed by atoms with Gasteiger partial charge in [-0.1, -0.05) is 30.3 Å². The number of carbonyl (C=O) groups is 2. The van der Waals surface area contributed by atoms with E-state index in [1.165, 1.54) is 12.0 Å². The first-order valence-electron chi connectivity index (χ1n) is 6.31. The van der Waals surface area contributed by atoms with Crippen LogP contribution in [0, 0.1) is 0 Å². The molecule has 1 fully saturated rings. The summed E-state index contributed by atoms with van der Waals surface area (Å²) < 4.78 is 4.65. The maximum Gasteiger partial charge on any atom is 0.325 e. The van der Waals surface area contributed by atoms with E-state index in [-0.39, 0.29) is 30.9 Å². The van der Waals surface area contributed by atoms with Crippen molar-refractivity contribution in [1.82, 2.24) is 4.90 Å². The molecule has 20 heavy (non-hydrogen) atoms. The minimum Gasteiger partial charge on any atom is -0.468 e. The van der Waals surface area contributed by atoms with Crippen LogP contribution in [0.4, 0.5) is 0 Å². The van der Waals surface area contributed by atoms with E-state index >= 15 is 0 Å². The number of rotatable bonds is 3. The van der Waals surface area contributed by atoms with Gasteiger partial charge in [0.25, 0.3) is 0 Å². The molecule has 110 valence electrons. The van der Waals surface area contributed by atoms with Crippen LogP contribution < -0.4 is 5.73 Å². The van der Waals surface area contributed by atoms with E-state index in [9.17, 15) is 9.59 Å². The van der Waals surface area contributed by atoms with Gasteiger partial charge in [-0.3, -0.25) is 9.59 Å². The van der Waals surface area contributed by atoms with Crippen LogP contribution in [0.2, 0.25) is 0 Å². The van der Waals surface area contributed by atoms with Crippen LogP contribution in [0.5, 0.6) is 0 Å². The van der Waals surface area contributed by atoms with Crippen LogP contribution in [0.1, 0.15) is 24.4 Å². The summed E-state index contributed by atoms with van der Waals surface area (Å²) in [6, 6.07) is 9.05. The SMILES string of the molecule is COC(=O)CN1C(=O)[C@@H](N)CC[C@H]1c1ccccc1.Cl. The molecular weight excluding hydrogens is 280 g/mol. The Labute approximate surface area is 124 Å². The Morgan fingerprint density at radius 1 is 1.35 bits per heavy atom. The lowest BCUT2D eigenvalue weighted by Gasteiger charge is -2.37. The standard InChI is InChI=1S/C14H18N2O3.ClH/c1-19-13(17)9-16-12(8-7-11(15)14(16)18)10-5-3-2-4-6-10;/h2-6,11-12H,7-9,15H2,1H3;1H/t11-,12-;/m0./s1. The summed E-state index contributed by atoms with van der Waals surface area (Å²) >= 11 is 0. The van der Waals surface area contributed by atoms with Gasteiger partial charge in [0.15, 0.2) is 0 Å². The zero-order chi connectivity index (χ0) is 13.8. The molecule has 2 N–H and O–H groups in total. The lowest BCUT2D eigenvalue weighted by atomic mass is 9.92. The number of halogens is 1. The van der Waals surface area contributed by atoms with Gasteiger partial charge in [0.1, 0.15) is 6.54 Å². The summed E-state index contributed by atoms with van der Waals surface area (Å²) in [4.78, 5) is 25.1. The van der Waals surface area contributed by atoms with Crippen molar-refractivity contribution in [2.45, 2.75) is 24.9 Å². The highest BCUT2D eigenvalue weighted by molar-refractivity contribution is 5.86. The summed E-state index contributed by atoms with van der Waals surface area (Å²) in [5, 5.41) is 0. The number of piperidine rings is 1. The fraction of sp³-hybridized carbons (Fsp3) is 0.429. The Morgan fingerprint density at radius 3 is 2.60 bits per heavy atom. The number of likely N-dealkylation sites (tertiary alicyclic amines) is 1. The molecule has 2 rings (SSSR count). The van der Waals surface area contributed by atoms with E-state index in [0.29, 0.717) is 6.42 Å².